The van der Waals surface area contributed by atoms with Crippen LogP contribution in [-0.4, -0.2) is 75.1 Å². The third-order valence-corrected chi connectivity index (χ3v) is 5.90. The van der Waals surface area contributed by atoms with Crippen LogP contribution in [0.2, 0.25) is 0 Å². The molecule has 7 heteroatoms. The lowest BCUT2D eigenvalue weighted by atomic mass is 9.96. The predicted octanol–water partition coefficient (Wildman–Crippen LogP) is 0.189. The minimum Gasteiger partial charge on any atom is -0.493 e. The Labute approximate surface area is 167 Å². The standard InChI is InChI=1S/C21H31N3O4/c1-16(25)24-8-4-5-18(15-24)21(26)23-11-9-22(10-12-23)14-17-6-7-19(27-2)20(13-17)28-3/h6-7,13,18H,4-5,8-12,14-15H2,1-3H3/p+1/t18-/m0/s1. The van der Waals surface area contributed by atoms with E-state index in [4.69, 9.17) is 9.47 Å². The molecule has 0 saturated carbocycles. The minimum atomic E-state index is -0.0370. The molecule has 1 aromatic rings. The molecule has 0 bridgehead atoms. The lowest BCUT2D eigenvalue weighted by molar-refractivity contribution is -0.917. The van der Waals surface area contributed by atoms with Crippen molar-refractivity contribution in [1.82, 2.24) is 9.80 Å². The van der Waals surface area contributed by atoms with E-state index in [9.17, 15) is 9.59 Å². The fraction of sp³-hybridized carbons (Fsp3) is 0.619. The van der Waals surface area contributed by atoms with Gasteiger partial charge in [-0.2, -0.15) is 0 Å². The Morgan fingerprint density at radius 2 is 1.79 bits per heavy atom. The van der Waals surface area contributed by atoms with Crippen molar-refractivity contribution >= 4 is 11.8 Å². The largest absolute Gasteiger partial charge is 0.493 e. The van der Waals surface area contributed by atoms with Gasteiger partial charge in [-0.25, -0.2) is 0 Å². The van der Waals surface area contributed by atoms with Crippen molar-refractivity contribution < 1.29 is 24.0 Å². The molecule has 2 heterocycles. The first-order valence-electron chi connectivity index (χ1n) is 10.1. The van der Waals surface area contributed by atoms with E-state index < -0.39 is 0 Å². The quantitative estimate of drug-likeness (QED) is 0.780. The van der Waals surface area contributed by atoms with Crippen LogP contribution >= 0.6 is 0 Å². The van der Waals surface area contributed by atoms with E-state index in [1.165, 1.54) is 10.5 Å². The van der Waals surface area contributed by atoms with Gasteiger partial charge in [-0.15, -0.1) is 0 Å². The molecule has 3 rings (SSSR count). The fourth-order valence-corrected chi connectivity index (χ4v) is 4.22. The summed E-state index contributed by atoms with van der Waals surface area (Å²) in [6.07, 6.45) is 1.81. The second kappa shape index (κ2) is 9.28. The van der Waals surface area contributed by atoms with Crippen molar-refractivity contribution in [3.8, 4) is 11.5 Å². The van der Waals surface area contributed by atoms with Crippen molar-refractivity contribution in [3.05, 3.63) is 23.8 Å². The van der Waals surface area contributed by atoms with E-state index in [2.05, 4.69) is 6.07 Å². The Morgan fingerprint density at radius 3 is 2.43 bits per heavy atom. The molecule has 154 valence electrons. The van der Waals surface area contributed by atoms with E-state index in [0.29, 0.717) is 6.54 Å². The second-order valence-electron chi connectivity index (χ2n) is 7.75. The third-order valence-electron chi connectivity index (χ3n) is 5.90. The van der Waals surface area contributed by atoms with Gasteiger partial charge in [0.15, 0.2) is 11.5 Å². The van der Waals surface area contributed by atoms with E-state index in [1.54, 1.807) is 21.1 Å². The van der Waals surface area contributed by atoms with Crippen LogP contribution in [0.1, 0.15) is 25.3 Å². The molecular formula is C21H32N3O4+. The number of hydrogen-bond donors (Lipinski definition) is 1. The molecule has 1 atom stereocenters. The van der Waals surface area contributed by atoms with Gasteiger partial charge in [0.1, 0.15) is 6.54 Å². The van der Waals surface area contributed by atoms with Crippen LogP contribution in [0, 0.1) is 5.92 Å². The van der Waals surface area contributed by atoms with Gasteiger partial charge in [0.25, 0.3) is 0 Å². The second-order valence-corrected chi connectivity index (χ2v) is 7.75. The minimum absolute atomic E-state index is 0.0370. The lowest BCUT2D eigenvalue weighted by Gasteiger charge is -2.37. The van der Waals surface area contributed by atoms with Gasteiger partial charge in [0, 0.05) is 25.6 Å². The molecule has 2 saturated heterocycles. The highest BCUT2D eigenvalue weighted by atomic mass is 16.5. The molecule has 2 aliphatic rings. The molecule has 28 heavy (non-hydrogen) atoms. The summed E-state index contributed by atoms with van der Waals surface area (Å²) < 4.78 is 10.7. The average molecular weight is 391 g/mol. The number of carbonyl (C=O) groups excluding carboxylic acids is 2. The first-order valence-corrected chi connectivity index (χ1v) is 10.1. The average Bonchev–Trinajstić information content (AvgIpc) is 2.73. The molecule has 0 unspecified atom stereocenters. The Hall–Kier alpha value is -2.28. The van der Waals surface area contributed by atoms with Crippen LogP contribution in [0.4, 0.5) is 0 Å². The lowest BCUT2D eigenvalue weighted by Crippen LogP contribution is -3.13. The molecule has 2 amide bonds. The highest BCUT2D eigenvalue weighted by Gasteiger charge is 2.32. The van der Waals surface area contributed by atoms with Crippen LogP contribution in [0.3, 0.4) is 0 Å². The number of methoxy groups -OCH3 is 2. The maximum Gasteiger partial charge on any atom is 0.227 e. The molecule has 0 aromatic heterocycles. The Bertz CT molecular complexity index is 701. The number of ether oxygens (including phenoxy) is 2. The van der Waals surface area contributed by atoms with Gasteiger partial charge in [0.05, 0.1) is 46.3 Å². The maximum absolute atomic E-state index is 12.9. The number of nitrogens with one attached hydrogen (secondary N) is 1. The smallest absolute Gasteiger partial charge is 0.227 e. The number of hydrogen-bond acceptors (Lipinski definition) is 4. The van der Waals surface area contributed by atoms with Crippen LogP contribution < -0.4 is 14.4 Å². The van der Waals surface area contributed by atoms with E-state index in [0.717, 1.165) is 63.6 Å². The zero-order valence-corrected chi connectivity index (χ0v) is 17.2. The summed E-state index contributed by atoms with van der Waals surface area (Å²) >= 11 is 0. The predicted molar refractivity (Wildman–Crippen MR) is 106 cm³/mol. The monoisotopic (exact) mass is 390 g/mol. The van der Waals surface area contributed by atoms with Gasteiger partial charge in [-0.3, -0.25) is 9.59 Å². The van der Waals surface area contributed by atoms with Crippen LogP contribution in [-0.2, 0) is 16.1 Å². The fourth-order valence-electron chi connectivity index (χ4n) is 4.22. The summed E-state index contributed by atoms with van der Waals surface area (Å²) in [7, 11) is 3.29. The number of nitrogens with zero attached hydrogens (tertiary/aromatic N) is 2. The van der Waals surface area contributed by atoms with Crippen LogP contribution in [0.5, 0.6) is 11.5 Å². The number of amides is 2. The highest BCUT2D eigenvalue weighted by molar-refractivity contribution is 5.80. The van der Waals surface area contributed by atoms with Gasteiger partial charge >= 0.3 is 0 Å². The van der Waals surface area contributed by atoms with E-state index in [-0.39, 0.29) is 17.7 Å². The van der Waals surface area contributed by atoms with Crippen molar-refractivity contribution in [2.24, 2.45) is 5.92 Å². The number of piperidine rings is 1. The van der Waals surface area contributed by atoms with Crippen molar-refractivity contribution in [2.75, 3.05) is 53.5 Å². The summed E-state index contributed by atoms with van der Waals surface area (Å²) in [6, 6.07) is 6.04. The summed E-state index contributed by atoms with van der Waals surface area (Å²) in [6.45, 7) is 7.27. The molecule has 0 spiro atoms. The van der Waals surface area contributed by atoms with Gasteiger partial charge < -0.3 is 24.2 Å². The van der Waals surface area contributed by atoms with E-state index in [1.807, 2.05) is 21.9 Å². The number of rotatable bonds is 5. The van der Waals surface area contributed by atoms with Crippen LogP contribution in [0.25, 0.3) is 0 Å². The normalized spacial score (nSPS) is 20.8. The van der Waals surface area contributed by atoms with Crippen molar-refractivity contribution in [2.45, 2.75) is 26.3 Å². The van der Waals surface area contributed by atoms with Crippen LogP contribution in [0.15, 0.2) is 18.2 Å². The molecule has 1 N–H and O–H groups in total. The zero-order chi connectivity index (χ0) is 20.1. The van der Waals surface area contributed by atoms with E-state index >= 15 is 0 Å². The van der Waals surface area contributed by atoms with Gasteiger partial charge in [0.2, 0.25) is 11.8 Å². The topological polar surface area (TPSA) is 63.5 Å². The molecule has 7 nitrogen and oxygen atoms in total. The third kappa shape index (κ3) is 4.76. The SMILES string of the molecule is COc1ccc(C[NH+]2CCN(C(=O)[C@H]3CCCN(C(C)=O)C3)CC2)cc1OC. The van der Waals surface area contributed by atoms with Crippen molar-refractivity contribution in [3.63, 3.8) is 0 Å². The molecule has 2 aliphatic heterocycles. The summed E-state index contributed by atoms with van der Waals surface area (Å²) in [5.41, 5.74) is 1.21. The number of likely N-dealkylation sites (tertiary alicyclic amines) is 1. The number of quaternary nitrogens is 1. The molecule has 0 radical (unpaired) electrons. The maximum atomic E-state index is 12.9. The number of piperazine rings is 1. The van der Waals surface area contributed by atoms with Gasteiger partial charge in [-0.1, -0.05) is 0 Å². The summed E-state index contributed by atoms with van der Waals surface area (Å²) in [5.74, 6) is 1.74. The van der Waals surface area contributed by atoms with Crippen molar-refractivity contribution in [1.29, 1.82) is 0 Å². The summed E-state index contributed by atoms with van der Waals surface area (Å²) in [4.78, 5) is 29.8. The van der Waals surface area contributed by atoms with Gasteiger partial charge in [-0.05, 0) is 31.0 Å². The number of benzene rings is 1. The molecular weight excluding hydrogens is 358 g/mol. The highest BCUT2D eigenvalue weighted by Crippen LogP contribution is 2.27. The number of carbonyl (C=O) groups is 2. The zero-order valence-electron chi connectivity index (χ0n) is 17.2. The first kappa shape index (κ1) is 20.5. The molecule has 0 aliphatic carbocycles. The summed E-state index contributed by atoms with van der Waals surface area (Å²) in [5, 5.41) is 0. The Kier molecular flexibility index (Phi) is 6.78. The Balaban J connectivity index is 1.51. The molecule has 1 aromatic carbocycles. The Morgan fingerprint density at radius 1 is 1.07 bits per heavy atom. The molecule has 2 fully saturated rings. The first-order chi connectivity index (χ1) is 13.5.